The molecule has 0 atom stereocenters. The van der Waals surface area contributed by atoms with Gasteiger partial charge in [0.05, 0.1) is 10.6 Å². The molecule has 1 aromatic carbocycles. The summed E-state index contributed by atoms with van der Waals surface area (Å²) in [5.41, 5.74) is 1.51. The Bertz CT molecular complexity index is 658. The molecular formula is C14H12ClN3O2. The number of carbonyl (C=O) groups is 2. The number of amides is 2. The van der Waals surface area contributed by atoms with Gasteiger partial charge in [0.15, 0.2) is 0 Å². The third kappa shape index (κ3) is 3.55. The van der Waals surface area contributed by atoms with Crippen molar-refractivity contribution in [3.8, 4) is 0 Å². The fourth-order valence-corrected chi connectivity index (χ4v) is 1.84. The molecule has 2 amide bonds. The van der Waals surface area contributed by atoms with E-state index in [9.17, 15) is 9.59 Å². The zero-order valence-electron chi connectivity index (χ0n) is 10.7. The highest BCUT2D eigenvalue weighted by atomic mass is 35.5. The number of halogens is 1. The van der Waals surface area contributed by atoms with Crippen LogP contribution in [0.3, 0.4) is 0 Å². The first-order valence-corrected chi connectivity index (χ1v) is 6.22. The molecular weight excluding hydrogens is 278 g/mol. The van der Waals surface area contributed by atoms with Crippen LogP contribution in [0.5, 0.6) is 0 Å². The molecule has 0 radical (unpaired) electrons. The molecule has 0 saturated heterocycles. The van der Waals surface area contributed by atoms with Crippen LogP contribution < -0.4 is 10.6 Å². The van der Waals surface area contributed by atoms with Crippen molar-refractivity contribution in [2.45, 2.75) is 6.92 Å². The number of anilines is 2. The number of rotatable bonds is 3. The van der Waals surface area contributed by atoms with Crippen LogP contribution in [0.2, 0.25) is 5.02 Å². The van der Waals surface area contributed by atoms with Crippen molar-refractivity contribution in [1.82, 2.24) is 4.98 Å². The summed E-state index contributed by atoms with van der Waals surface area (Å²) < 4.78 is 0. The standard InChI is InChI=1S/C14H12ClN3O2/c1-9(19)17-10-3-2-4-11(7-10)18-14(20)12-5-6-16-8-13(12)15/h2-8H,1H3,(H,17,19)(H,18,20). The van der Waals surface area contributed by atoms with Crippen LogP contribution in [0.4, 0.5) is 11.4 Å². The lowest BCUT2D eigenvalue weighted by molar-refractivity contribution is -0.114. The molecule has 0 bridgehead atoms. The van der Waals surface area contributed by atoms with E-state index in [4.69, 9.17) is 11.6 Å². The first-order valence-electron chi connectivity index (χ1n) is 5.85. The molecule has 1 aromatic heterocycles. The molecule has 1 heterocycles. The maximum atomic E-state index is 12.1. The Labute approximate surface area is 121 Å². The Kier molecular flexibility index (Phi) is 4.32. The summed E-state index contributed by atoms with van der Waals surface area (Å²) in [7, 11) is 0. The summed E-state index contributed by atoms with van der Waals surface area (Å²) in [6, 6.07) is 8.38. The third-order valence-electron chi connectivity index (χ3n) is 2.46. The predicted molar refractivity (Wildman–Crippen MR) is 77.9 cm³/mol. The van der Waals surface area contributed by atoms with Crippen molar-refractivity contribution in [1.29, 1.82) is 0 Å². The lowest BCUT2D eigenvalue weighted by atomic mass is 10.2. The first-order chi connectivity index (χ1) is 9.56. The van der Waals surface area contributed by atoms with Gasteiger partial charge in [0, 0.05) is 30.7 Å². The van der Waals surface area contributed by atoms with Gasteiger partial charge in [-0.05, 0) is 24.3 Å². The Morgan fingerprint density at radius 2 is 1.85 bits per heavy atom. The summed E-state index contributed by atoms with van der Waals surface area (Å²) in [5.74, 6) is -0.511. The average molecular weight is 290 g/mol. The van der Waals surface area contributed by atoms with Gasteiger partial charge in [-0.2, -0.15) is 0 Å². The second-order valence-electron chi connectivity index (χ2n) is 4.07. The number of hydrogen-bond acceptors (Lipinski definition) is 3. The van der Waals surface area contributed by atoms with Crippen molar-refractivity contribution in [2.24, 2.45) is 0 Å². The van der Waals surface area contributed by atoms with Gasteiger partial charge >= 0.3 is 0 Å². The summed E-state index contributed by atoms with van der Waals surface area (Å²) in [6.07, 6.45) is 2.90. The zero-order chi connectivity index (χ0) is 14.5. The molecule has 102 valence electrons. The number of pyridine rings is 1. The van der Waals surface area contributed by atoms with E-state index in [1.807, 2.05) is 0 Å². The minimum atomic E-state index is -0.336. The second-order valence-corrected chi connectivity index (χ2v) is 4.48. The molecule has 2 N–H and O–H groups in total. The molecule has 0 aliphatic rings. The SMILES string of the molecule is CC(=O)Nc1cccc(NC(=O)c2ccncc2Cl)c1. The molecule has 0 saturated carbocycles. The first kappa shape index (κ1) is 14.0. The number of nitrogens with one attached hydrogen (secondary N) is 2. The summed E-state index contributed by atoms with van der Waals surface area (Å²) >= 11 is 5.91. The molecule has 0 aliphatic carbocycles. The summed E-state index contributed by atoms with van der Waals surface area (Å²) in [4.78, 5) is 26.9. The normalized spacial score (nSPS) is 9.90. The number of aromatic nitrogens is 1. The molecule has 0 unspecified atom stereocenters. The molecule has 20 heavy (non-hydrogen) atoms. The van der Waals surface area contributed by atoms with E-state index in [0.29, 0.717) is 16.9 Å². The largest absolute Gasteiger partial charge is 0.326 e. The smallest absolute Gasteiger partial charge is 0.257 e. The highest BCUT2D eigenvalue weighted by molar-refractivity contribution is 6.34. The van der Waals surface area contributed by atoms with Gasteiger partial charge in [-0.25, -0.2) is 0 Å². The molecule has 0 spiro atoms. The minimum Gasteiger partial charge on any atom is -0.326 e. The Morgan fingerprint density at radius 1 is 1.15 bits per heavy atom. The highest BCUT2D eigenvalue weighted by Crippen LogP contribution is 2.18. The van der Waals surface area contributed by atoms with E-state index >= 15 is 0 Å². The van der Waals surface area contributed by atoms with Gasteiger partial charge in [0.1, 0.15) is 0 Å². The van der Waals surface area contributed by atoms with Gasteiger partial charge in [-0.3, -0.25) is 14.6 Å². The van der Waals surface area contributed by atoms with E-state index < -0.39 is 0 Å². The lowest BCUT2D eigenvalue weighted by Crippen LogP contribution is -2.13. The maximum absolute atomic E-state index is 12.1. The minimum absolute atomic E-state index is 0.175. The Morgan fingerprint density at radius 3 is 2.50 bits per heavy atom. The quantitative estimate of drug-likeness (QED) is 0.912. The van der Waals surface area contributed by atoms with Crippen molar-refractivity contribution in [3.05, 3.63) is 53.3 Å². The second kappa shape index (κ2) is 6.16. The molecule has 2 aromatic rings. The van der Waals surface area contributed by atoms with Crippen LogP contribution in [0.1, 0.15) is 17.3 Å². The monoisotopic (exact) mass is 289 g/mol. The van der Waals surface area contributed by atoms with E-state index in [2.05, 4.69) is 15.6 Å². The fourth-order valence-electron chi connectivity index (χ4n) is 1.64. The summed E-state index contributed by atoms with van der Waals surface area (Å²) in [5, 5.41) is 5.63. The molecule has 0 fully saturated rings. The average Bonchev–Trinajstić information content (AvgIpc) is 2.38. The summed E-state index contributed by atoms with van der Waals surface area (Å²) in [6.45, 7) is 1.42. The number of carbonyl (C=O) groups excluding carboxylic acids is 2. The molecule has 2 rings (SSSR count). The highest BCUT2D eigenvalue weighted by Gasteiger charge is 2.10. The van der Waals surface area contributed by atoms with Crippen LogP contribution in [-0.4, -0.2) is 16.8 Å². The van der Waals surface area contributed by atoms with Crippen LogP contribution in [0, 0.1) is 0 Å². The van der Waals surface area contributed by atoms with Crippen LogP contribution >= 0.6 is 11.6 Å². The Hall–Kier alpha value is -2.40. The third-order valence-corrected chi connectivity index (χ3v) is 2.76. The van der Waals surface area contributed by atoms with Crippen LogP contribution in [-0.2, 0) is 4.79 Å². The van der Waals surface area contributed by atoms with E-state index in [0.717, 1.165) is 0 Å². The van der Waals surface area contributed by atoms with Crippen LogP contribution in [0.15, 0.2) is 42.7 Å². The van der Waals surface area contributed by atoms with E-state index in [1.54, 1.807) is 24.3 Å². The van der Waals surface area contributed by atoms with Crippen molar-refractivity contribution >= 4 is 34.8 Å². The van der Waals surface area contributed by atoms with Gasteiger partial charge in [-0.1, -0.05) is 17.7 Å². The van der Waals surface area contributed by atoms with Crippen molar-refractivity contribution < 1.29 is 9.59 Å². The lowest BCUT2D eigenvalue weighted by Gasteiger charge is -2.08. The number of hydrogen-bond donors (Lipinski definition) is 2. The molecule has 5 nitrogen and oxygen atoms in total. The Balaban J connectivity index is 2.16. The van der Waals surface area contributed by atoms with E-state index in [1.165, 1.54) is 25.4 Å². The zero-order valence-corrected chi connectivity index (χ0v) is 11.4. The number of nitrogens with zero attached hydrogens (tertiary/aromatic N) is 1. The topological polar surface area (TPSA) is 71.1 Å². The molecule has 6 heteroatoms. The predicted octanol–water partition coefficient (Wildman–Crippen LogP) is 2.95. The maximum Gasteiger partial charge on any atom is 0.257 e. The van der Waals surface area contributed by atoms with E-state index in [-0.39, 0.29) is 16.8 Å². The fraction of sp³-hybridized carbons (Fsp3) is 0.0714. The van der Waals surface area contributed by atoms with Gasteiger partial charge in [0.2, 0.25) is 5.91 Å². The van der Waals surface area contributed by atoms with Gasteiger partial charge in [-0.15, -0.1) is 0 Å². The van der Waals surface area contributed by atoms with Crippen molar-refractivity contribution in [2.75, 3.05) is 10.6 Å². The van der Waals surface area contributed by atoms with Gasteiger partial charge < -0.3 is 10.6 Å². The number of benzene rings is 1. The van der Waals surface area contributed by atoms with Crippen LogP contribution in [0.25, 0.3) is 0 Å². The van der Waals surface area contributed by atoms with Gasteiger partial charge in [0.25, 0.3) is 5.91 Å². The molecule has 0 aliphatic heterocycles. The van der Waals surface area contributed by atoms with Crippen molar-refractivity contribution in [3.63, 3.8) is 0 Å².